The molecule has 6 aliphatic rings. The van der Waals surface area contributed by atoms with Crippen molar-refractivity contribution >= 4 is 44.5 Å². The van der Waals surface area contributed by atoms with E-state index in [4.69, 9.17) is 5.73 Å². The third-order valence-electron chi connectivity index (χ3n) is 11.9. The summed E-state index contributed by atoms with van der Waals surface area (Å²) in [5.74, 6) is -4.01. The number of aliphatic carboxylic acids is 1. The predicted molar refractivity (Wildman–Crippen MR) is 177 cm³/mol. The summed E-state index contributed by atoms with van der Waals surface area (Å²) in [7, 11) is -4.38. The first-order valence-corrected chi connectivity index (χ1v) is 18.4. The summed E-state index contributed by atoms with van der Waals surface area (Å²) in [6.07, 6.45) is -0.316. The van der Waals surface area contributed by atoms with Crippen LogP contribution in [0.15, 0.2) is 46.5 Å². The number of nitrogens with one attached hydrogen (secondary N) is 1. The summed E-state index contributed by atoms with van der Waals surface area (Å²) in [5, 5.41) is 24.2. The number of nitrogens with zero attached hydrogens (tertiary/aromatic N) is 4. The molecule has 14 nitrogen and oxygen atoms in total. The number of piperazine rings is 3. The quantitative estimate of drug-likeness (QED) is 0.177. The largest absolute Gasteiger partial charge is 0.477 e. The number of quaternary nitrogens is 2. The summed E-state index contributed by atoms with van der Waals surface area (Å²) in [6, 6.07) is 7.93. The summed E-state index contributed by atoms with van der Waals surface area (Å²) in [5.41, 5.74) is 6.56. The topological polar surface area (TPSA) is 187 Å². The van der Waals surface area contributed by atoms with E-state index in [0.29, 0.717) is 36.8 Å². The zero-order chi connectivity index (χ0) is 35.0. The van der Waals surface area contributed by atoms with E-state index in [1.165, 1.54) is 6.92 Å². The first-order valence-electron chi connectivity index (χ1n) is 17.0. The Balaban J connectivity index is 1.13. The first-order chi connectivity index (χ1) is 23.2. The highest BCUT2D eigenvalue weighted by Crippen LogP contribution is 2.48. The Bertz CT molecular complexity index is 1900. The molecule has 0 radical (unpaired) electrons. The molecule has 262 valence electrons. The summed E-state index contributed by atoms with van der Waals surface area (Å²) in [6.45, 7) is 10.5. The molecule has 2 bridgehead atoms. The van der Waals surface area contributed by atoms with Gasteiger partial charge in [0.15, 0.2) is 6.54 Å². The van der Waals surface area contributed by atoms with Gasteiger partial charge >= 0.3 is 5.97 Å². The standard InChI is InChI=1S/C34H42N6O8S/c1-20-25(31(34(45)46)38-30(20)28(21(2)41)33(38)44)18-37-32(43)24-5-3-4-23-22(6-7-26(29(23)24)49(37,47)48)8-11-39-12-15-40(16-13-39,17-14-39)19-27(42)36-10-9-35/h3-7,20-21,28,30,41H,8-19,35H2,1-2H3/p+2/t20-,21+,28+,30+,39?,40?/m0/s1. The number of aliphatic hydroxyl groups excluding tert-OH is 1. The second kappa shape index (κ2) is 11.9. The van der Waals surface area contributed by atoms with Crippen molar-refractivity contribution in [3.63, 3.8) is 0 Å². The lowest BCUT2D eigenvalue weighted by Crippen LogP contribution is -2.76. The van der Waals surface area contributed by atoms with Gasteiger partial charge in [-0.25, -0.2) is 17.5 Å². The highest BCUT2D eigenvalue weighted by Gasteiger charge is 2.60. The van der Waals surface area contributed by atoms with Crippen molar-refractivity contribution in [2.45, 2.75) is 37.3 Å². The fourth-order valence-corrected chi connectivity index (χ4v) is 10.6. The minimum absolute atomic E-state index is 0.0104. The summed E-state index contributed by atoms with van der Waals surface area (Å²) >= 11 is 0. The predicted octanol–water partition coefficient (Wildman–Crippen LogP) is -0.541. The average molecular weight is 697 g/mol. The Morgan fingerprint density at radius 2 is 1.73 bits per heavy atom. The van der Waals surface area contributed by atoms with E-state index in [-0.39, 0.29) is 27.6 Å². The number of β-lactam (4-membered cyclic amide) rings is 1. The smallest absolute Gasteiger partial charge is 0.352 e. The van der Waals surface area contributed by atoms with Gasteiger partial charge in [-0.05, 0) is 35.6 Å². The van der Waals surface area contributed by atoms with Gasteiger partial charge in [0.1, 0.15) is 45.0 Å². The Morgan fingerprint density at radius 1 is 1.06 bits per heavy atom. The second-order valence-corrected chi connectivity index (χ2v) is 16.3. The van der Waals surface area contributed by atoms with Crippen LogP contribution in [0.25, 0.3) is 10.8 Å². The number of hydrogen-bond acceptors (Lipinski definition) is 8. The van der Waals surface area contributed by atoms with Crippen LogP contribution in [-0.4, -0.2) is 145 Å². The molecule has 8 rings (SSSR count). The average Bonchev–Trinajstić information content (AvgIpc) is 3.31. The maximum atomic E-state index is 14.1. The van der Waals surface area contributed by atoms with Gasteiger partial charge in [0, 0.05) is 36.4 Å². The number of hydrogen-bond donors (Lipinski definition) is 4. The van der Waals surface area contributed by atoms with Crippen LogP contribution in [0, 0.1) is 11.8 Å². The molecule has 4 atom stereocenters. The molecule has 15 heteroatoms. The monoisotopic (exact) mass is 696 g/mol. The molecule has 3 amide bonds. The number of carbonyl (C=O) groups is 4. The van der Waals surface area contributed by atoms with E-state index in [2.05, 4.69) is 5.32 Å². The van der Waals surface area contributed by atoms with Gasteiger partial charge in [-0.1, -0.05) is 25.1 Å². The van der Waals surface area contributed by atoms with Crippen molar-refractivity contribution < 1.29 is 46.8 Å². The molecular formula is C34H44N6O8S+2. The fourth-order valence-electron chi connectivity index (χ4n) is 9.02. The van der Waals surface area contributed by atoms with Crippen LogP contribution in [0.4, 0.5) is 0 Å². The highest BCUT2D eigenvalue weighted by atomic mass is 32.2. The molecule has 6 aliphatic heterocycles. The molecule has 2 aromatic carbocycles. The third-order valence-corrected chi connectivity index (χ3v) is 13.7. The van der Waals surface area contributed by atoms with Gasteiger partial charge in [0.05, 0.1) is 36.0 Å². The fraction of sp³-hybridized carbons (Fsp3) is 0.529. The van der Waals surface area contributed by atoms with E-state index in [1.807, 2.05) is 12.1 Å². The van der Waals surface area contributed by atoms with Crippen LogP contribution in [0.5, 0.6) is 0 Å². The van der Waals surface area contributed by atoms with Crippen molar-refractivity contribution in [3.05, 3.63) is 52.7 Å². The second-order valence-electron chi connectivity index (χ2n) is 14.5. The molecule has 0 unspecified atom stereocenters. The molecule has 4 saturated heterocycles. The van der Waals surface area contributed by atoms with Crippen molar-refractivity contribution in [2.75, 3.05) is 72.0 Å². The third kappa shape index (κ3) is 5.16. The maximum Gasteiger partial charge on any atom is 0.352 e. The van der Waals surface area contributed by atoms with E-state index in [1.54, 1.807) is 25.1 Å². The number of carboxylic acids is 1. The minimum atomic E-state index is -4.38. The number of carbonyl (C=O) groups excluding carboxylic acids is 3. The van der Waals surface area contributed by atoms with Gasteiger partial charge in [-0.15, -0.1) is 0 Å². The van der Waals surface area contributed by atoms with Crippen LogP contribution in [0.2, 0.25) is 0 Å². The van der Waals surface area contributed by atoms with Crippen molar-refractivity contribution in [1.82, 2.24) is 14.5 Å². The Hall–Kier alpha value is -3.89. The number of sulfonamides is 1. The first kappa shape index (κ1) is 33.6. The van der Waals surface area contributed by atoms with Gasteiger partial charge in [0.2, 0.25) is 5.91 Å². The zero-order valence-electron chi connectivity index (χ0n) is 27.8. The van der Waals surface area contributed by atoms with Crippen molar-refractivity contribution in [2.24, 2.45) is 17.6 Å². The molecule has 2 aromatic rings. The van der Waals surface area contributed by atoms with E-state index < -0.39 is 58.3 Å². The van der Waals surface area contributed by atoms with Crippen LogP contribution in [0.3, 0.4) is 0 Å². The summed E-state index contributed by atoms with van der Waals surface area (Å²) in [4.78, 5) is 52.8. The zero-order valence-corrected chi connectivity index (χ0v) is 28.6. The lowest BCUT2D eigenvalue weighted by molar-refractivity contribution is -1.08. The Kier molecular flexibility index (Phi) is 8.14. The SMILES string of the molecule is C[C@@H](O)[C@H]1C(=O)N2C(C(=O)O)=C(CN3C(=O)c4cccc5c(CC[N+]67CC[N+](CC(=O)NCCN)(CC6)CC7)ccc(c45)S3(=O)=O)[C@H](C)[C@H]12. The number of nitrogens with two attached hydrogens (primary N) is 1. The number of aliphatic hydroxyl groups is 1. The van der Waals surface area contributed by atoms with E-state index in [9.17, 15) is 37.8 Å². The number of fused-ring (bicyclic) bond motifs is 4. The van der Waals surface area contributed by atoms with E-state index >= 15 is 0 Å². The summed E-state index contributed by atoms with van der Waals surface area (Å²) < 4.78 is 30.8. The normalized spacial score (nSPS) is 30.4. The van der Waals surface area contributed by atoms with Gasteiger partial charge in [-0.2, -0.15) is 0 Å². The van der Waals surface area contributed by atoms with Gasteiger partial charge in [0.25, 0.3) is 21.8 Å². The van der Waals surface area contributed by atoms with Crippen LogP contribution in [-0.2, 0) is 30.8 Å². The number of carboxylic acid groups (broad SMARTS) is 1. The number of benzene rings is 2. The molecule has 0 aromatic heterocycles. The van der Waals surface area contributed by atoms with Crippen LogP contribution < -0.4 is 11.1 Å². The number of amides is 3. The number of rotatable bonds is 11. The Labute approximate surface area is 284 Å². The Morgan fingerprint density at radius 3 is 2.37 bits per heavy atom. The lowest BCUT2D eigenvalue weighted by atomic mass is 9.78. The minimum Gasteiger partial charge on any atom is -0.477 e. The van der Waals surface area contributed by atoms with Gasteiger partial charge in [-0.3, -0.25) is 14.4 Å². The maximum absolute atomic E-state index is 14.1. The molecule has 0 spiro atoms. The highest BCUT2D eigenvalue weighted by molar-refractivity contribution is 7.90. The molecule has 0 saturated carbocycles. The van der Waals surface area contributed by atoms with Gasteiger partial charge < -0.3 is 35.1 Å². The lowest BCUT2D eigenvalue weighted by Gasteiger charge is -2.55. The molecule has 0 aliphatic carbocycles. The molecule has 49 heavy (non-hydrogen) atoms. The molecule has 4 fully saturated rings. The molecule has 6 heterocycles. The van der Waals surface area contributed by atoms with Crippen molar-refractivity contribution in [1.29, 1.82) is 0 Å². The van der Waals surface area contributed by atoms with Crippen LogP contribution >= 0.6 is 0 Å². The van der Waals surface area contributed by atoms with E-state index in [0.717, 1.165) is 69.5 Å². The molecule has 5 N–H and O–H groups in total. The van der Waals surface area contributed by atoms with Crippen LogP contribution in [0.1, 0.15) is 29.8 Å². The molecular weight excluding hydrogens is 652 g/mol. The van der Waals surface area contributed by atoms with Crippen molar-refractivity contribution in [3.8, 4) is 0 Å².